The molecule has 0 bridgehead atoms. The number of ether oxygens (including phenoxy) is 1. The molecule has 0 atom stereocenters. The van der Waals surface area contributed by atoms with Crippen molar-refractivity contribution in [3.8, 4) is 5.19 Å². The maximum Gasteiger partial charge on any atom is 0.273 e. The Morgan fingerprint density at radius 1 is 1.73 bits per heavy atom. The first kappa shape index (κ1) is 10.4. The van der Waals surface area contributed by atoms with Crippen LogP contribution in [0.3, 0.4) is 0 Å². The minimum atomic E-state index is 0.136. The minimum absolute atomic E-state index is 0.136. The van der Waals surface area contributed by atoms with E-state index in [4.69, 9.17) is 4.74 Å². The van der Waals surface area contributed by atoms with E-state index in [0.29, 0.717) is 24.7 Å². The number of hydrogen-bond acceptors (Lipinski definition) is 4. The third kappa shape index (κ3) is 2.47. The minimum Gasteiger partial charge on any atom is -0.463 e. The van der Waals surface area contributed by atoms with Crippen molar-refractivity contribution >= 4 is 17.2 Å². The average molecular weight is 226 g/mol. The van der Waals surface area contributed by atoms with Gasteiger partial charge in [-0.05, 0) is 6.42 Å². The van der Waals surface area contributed by atoms with Gasteiger partial charge in [-0.15, -0.1) is 0 Å². The molecule has 0 aliphatic carbocycles. The Morgan fingerprint density at radius 3 is 3.13 bits per heavy atom. The van der Waals surface area contributed by atoms with Gasteiger partial charge >= 0.3 is 0 Å². The number of hydrogen-bond donors (Lipinski definition) is 0. The molecule has 0 N–H and O–H groups in total. The van der Waals surface area contributed by atoms with Crippen molar-refractivity contribution < 1.29 is 9.53 Å². The molecule has 5 heteroatoms. The normalized spacial score (nSPS) is 16.2. The van der Waals surface area contributed by atoms with Crippen LogP contribution in [0.15, 0.2) is 11.6 Å². The first-order valence-electron chi connectivity index (χ1n) is 5.13. The third-order valence-corrected chi connectivity index (χ3v) is 3.00. The van der Waals surface area contributed by atoms with E-state index >= 15 is 0 Å². The second-order valence-corrected chi connectivity index (χ2v) is 4.44. The molecular formula is C10H14N2O2S. The summed E-state index contributed by atoms with van der Waals surface area (Å²) in [4.78, 5) is 17.3. The number of carbonyl (C=O) groups is 1. The number of amides is 1. The van der Waals surface area contributed by atoms with Gasteiger partial charge in [-0.3, -0.25) is 4.79 Å². The van der Waals surface area contributed by atoms with Crippen LogP contribution >= 0.6 is 11.3 Å². The lowest BCUT2D eigenvalue weighted by Gasteiger charge is -2.38. The van der Waals surface area contributed by atoms with Gasteiger partial charge in [0, 0.05) is 18.0 Å². The molecule has 0 radical (unpaired) electrons. The smallest absolute Gasteiger partial charge is 0.273 e. The summed E-state index contributed by atoms with van der Waals surface area (Å²) in [6.07, 6.45) is 3.41. The zero-order chi connectivity index (χ0) is 10.7. The van der Waals surface area contributed by atoms with Crippen LogP contribution in [0.2, 0.25) is 0 Å². The van der Waals surface area contributed by atoms with Gasteiger partial charge in [0.2, 0.25) is 5.91 Å². The molecule has 1 aliphatic rings. The van der Waals surface area contributed by atoms with Gasteiger partial charge in [0.1, 0.15) is 6.10 Å². The third-order valence-electron chi connectivity index (χ3n) is 2.34. The average Bonchev–Trinajstić information content (AvgIpc) is 2.63. The Kier molecular flexibility index (Phi) is 3.20. The summed E-state index contributed by atoms with van der Waals surface area (Å²) < 4.78 is 5.56. The number of rotatable bonds is 4. The Balaban J connectivity index is 1.72. The van der Waals surface area contributed by atoms with E-state index in [-0.39, 0.29) is 12.0 Å². The predicted octanol–water partition coefficient (Wildman–Crippen LogP) is 1.53. The van der Waals surface area contributed by atoms with Crippen molar-refractivity contribution in [2.75, 3.05) is 13.1 Å². The maximum absolute atomic E-state index is 11.4. The summed E-state index contributed by atoms with van der Waals surface area (Å²) >= 11 is 1.48. The van der Waals surface area contributed by atoms with Gasteiger partial charge < -0.3 is 9.64 Å². The van der Waals surface area contributed by atoms with E-state index in [1.807, 2.05) is 17.2 Å². The largest absolute Gasteiger partial charge is 0.463 e. The molecule has 1 aromatic rings. The highest BCUT2D eigenvalue weighted by atomic mass is 32.1. The first-order valence-corrected chi connectivity index (χ1v) is 6.01. The van der Waals surface area contributed by atoms with Crippen LogP contribution in [0.5, 0.6) is 5.19 Å². The fraction of sp³-hybridized carbons (Fsp3) is 0.600. The lowest BCUT2D eigenvalue weighted by atomic mass is 10.1. The number of aromatic nitrogens is 1. The quantitative estimate of drug-likeness (QED) is 0.782. The standard InChI is InChI=1S/C10H14N2O2S/c1-2-3-9(13)12-6-8(7-12)14-10-11-4-5-15-10/h4-5,8H,2-3,6-7H2,1H3. The lowest BCUT2D eigenvalue weighted by molar-refractivity contribution is -0.140. The van der Waals surface area contributed by atoms with Gasteiger partial charge in [0.25, 0.3) is 5.19 Å². The molecule has 1 amide bonds. The van der Waals surface area contributed by atoms with Crippen LogP contribution in [0, 0.1) is 0 Å². The molecule has 15 heavy (non-hydrogen) atoms. The number of carbonyl (C=O) groups excluding carboxylic acids is 1. The number of likely N-dealkylation sites (tertiary alicyclic amines) is 1. The van der Waals surface area contributed by atoms with E-state index in [1.165, 1.54) is 11.3 Å². The molecule has 0 unspecified atom stereocenters. The maximum atomic E-state index is 11.4. The molecule has 2 rings (SSSR count). The number of nitrogens with zero attached hydrogens (tertiary/aromatic N) is 2. The van der Waals surface area contributed by atoms with E-state index in [9.17, 15) is 4.79 Å². The highest BCUT2D eigenvalue weighted by molar-refractivity contribution is 7.11. The molecule has 4 nitrogen and oxygen atoms in total. The fourth-order valence-electron chi connectivity index (χ4n) is 1.50. The van der Waals surface area contributed by atoms with Crippen molar-refractivity contribution in [3.63, 3.8) is 0 Å². The first-order chi connectivity index (χ1) is 7.29. The van der Waals surface area contributed by atoms with Crippen LogP contribution in [0.4, 0.5) is 0 Å². The summed E-state index contributed by atoms with van der Waals surface area (Å²) in [5.41, 5.74) is 0. The number of thiazole rings is 1. The zero-order valence-electron chi connectivity index (χ0n) is 8.68. The highest BCUT2D eigenvalue weighted by Crippen LogP contribution is 2.20. The van der Waals surface area contributed by atoms with Gasteiger partial charge in [-0.25, -0.2) is 4.98 Å². The Labute approximate surface area is 92.9 Å². The summed E-state index contributed by atoms with van der Waals surface area (Å²) in [6.45, 7) is 3.43. The van der Waals surface area contributed by atoms with Crippen molar-refractivity contribution in [1.29, 1.82) is 0 Å². The van der Waals surface area contributed by atoms with Gasteiger partial charge in [0.05, 0.1) is 13.1 Å². The SMILES string of the molecule is CCCC(=O)N1CC(Oc2nccs2)C1. The van der Waals surface area contributed by atoms with Crippen LogP contribution in [0.1, 0.15) is 19.8 Å². The van der Waals surface area contributed by atoms with Crippen LogP contribution in [-0.2, 0) is 4.79 Å². The molecular weight excluding hydrogens is 212 g/mol. The monoisotopic (exact) mass is 226 g/mol. The summed E-state index contributed by atoms with van der Waals surface area (Å²) in [6, 6.07) is 0. The second kappa shape index (κ2) is 4.61. The summed E-state index contributed by atoms with van der Waals surface area (Å²) in [7, 11) is 0. The van der Waals surface area contributed by atoms with Gasteiger partial charge in [0.15, 0.2) is 0 Å². The van der Waals surface area contributed by atoms with Crippen LogP contribution < -0.4 is 4.74 Å². The summed E-state index contributed by atoms with van der Waals surface area (Å²) in [5.74, 6) is 0.233. The van der Waals surface area contributed by atoms with Gasteiger partial charge in [-0.1, -0.05) is 18.3 Å². The van der Waals surface area contributed by atoms with Crippen molar-refractivity contribution in [2.24, 2.45) is 0 Å². The Hall–Kier alpha value is -1.10. The van der Waals surface area contributed by atoms with Crippen LogP contribution in [0.25, 0.3) is 0 Å². The van der Waals surface area contributed by atoms with Crippen molar-refractivity contribution in [3.05, 3.63) is 11.6 Å². The lowest BCUT2D eigenvalue weighted by Crippen LogP contribution is -2.56. The van der Waals surface area contributed by atoms with E-state index in [1.54, 1.807) is 6.20 Å². The molecule has 1 aliphatic heterocycles. The zero-order valence-corrected chi connectivity index (χ0v) is 9.50. The molecule has 0 aromatic carbocycles. The molecule has 2 heterocycles. The van der Waals surface area contributed by atoms with E-state index < -0.39 is 0 Å². The fourth-order valence-corrected chi connectivity index (χ4v) is 2.05. The predicted molar refractivity (Wildman–Crippen MR) is 58.0 cm³/mol. The van der Waals surface area contributed by atoms with Gasteiger partial charge in [-0.2, -0.15) is 0 Å². The second-order valence-electron chi connectivity index (χ2n) is 3.59. The molecule has 1 fully saturated rings. The summed E-state index contributed by atoms with van der Waals surface area (Å²) in [5, 5.41) is 2.58. The Morgan fingerprint density at radius 2 is 2.53 bits per heavy atom. The Bertz CT molecular complexity index is 320. The molecule has 82 valence electrons. The van der Waals surface area contributed by atoms with E-state index in [2.05, 4.69) is 4.98 Å². The van der Waals surface area contributed by atoms with Crippen molar-refractivity contribution in [1.82, 2.24) is 9.88 Å². The molecule has 1 aromatic heterocycles. The molecule has 0 saturated carbocycles. The highest BCUT2D eigenvalue weighted by Gasteiger charge is 2.31. The molecule has 1 saturated heterocycles. The topological polar surface area (TPSA) is 42.4 Å². The van der Waals surface area contributed by atoms with Crippen LogP contribution in [-0.4, -0.2) is 35.0 Å². The molecule has 0 spiro atoms. The van der Waals surface area contributed by atoms with E-state index in [0.717, 1.165) is 6.42 Å². The van der Waals surface area contributed by atoms with Crippen molar-refractivity contribution in [2.45, 2.75) is 25.9 Å².